The lowest BCUT2D eigenvalue weighted by Gasteiger charge is -2.44. The first-order valence-electron chi connectivity index (χ1n) is 45.3. The maximum Gasteiger partial charge on any atom is 0.330 e. The van der Waals surface area contributed by atoms with E-state index in [2.05, 4.69) is 61.7 Å². The van der Waals surface area contributed by atoms with Crippen LogP contribution in [0.15, 0.2) is 115 Å². The van der Waals surface area contributed by atoms with Crippen LogP contribution in [0.3, 0.4) is 0 Å². The van der Waals surface area contributed by atoms with E-state index in [0.717, 1.165) is 117 Å². The van der Waals surface area contributed by atoms with Gasteiger partial charge in [-0.3, -0.25) is 43.2 Å². The Labute approximate surface area is 812 Å². The van der Waals surface area contributed by atoms with E-state index in [1.165, 1.54) is 24.3 Å². The number of aromatic hydroxyl groups is 4. The van der Waals surface area contributed by atoms with Crippen LogP contribution in [0.4, 0.5) is 0 Å². The number of nitrogens with one attached hydrogen (secondary N) is 9. The highest BCUT2D eigenvalue weighted by Crippen LogP contribution is 2.51. The topological polar surface area (TPSA) is 718 Å². The van der Waals surface area contributed by atoms with E-state index in [-0.39, 0.29) is 41.3 Å². The number of amides is 9. The summed E-state index contributed by atoms with van der Waals surface area (Å²) in [6.45, 7) is 2.16. The Hall–Kier alpha value is -12.6. The van der Waals surface area contributed by atoms with E-state index in [4.69, 9.17) is 77.3 Å². The lowest BCUT2D eigenvalue weighted by molar-refractivity contribution is -0.284. The number of unbranched alkanes of at least 4 members (excludes halogenated alkanes) is 4. The average Bonchev–Trinajstić information content (AvgIpc) is 0.767. The summed E-state index contributed by atoms with van der Waals surface area (Å²) in [6.07, 6.45) is -25.4. The first-order valence-corrected chi connectivity index (χ1v) is 46.1. The van der Waals surface area contributed by atoms with Crippen molar-refractivity contribution in [3.05, 3.63) is 164 Å². The number of aliphatic hydroxyl groups excluding tert-OH is 10. The number of benzene rings is 7. The molecule has 7 aromatic rings. The van der Waals surface area contributed by atoms with Crippen molar-refractivity contribution in [3.63, 3.8) is 0 Å². The number of hydrogen-bond acceptors (Lipinski definition) is 35. The number of nitrogens with two attached hydrogens (primary N) is 2. The number of phenols is 4. The molecule has 9 aliphatic heterocycles. The van der Waals surface area contributed by atoms with Gasteiger partial charge in [-0.1, -0.05) is 93.4 Å². The zero-order valence-electron chi connectivity index (χ0n) is 75.7. The second-order valence-corrected chi connectivity index (χ2v) is 36.4. The van der Waals surface area contributed by atoms with Gasteiger partial charge in [-0.2, -0.15) is 0 Å². The third-order valence-corrected chi connectivity index (χ3v) is 25.5. The monoisotopic (exact) mass is 2010 g/mol. The zero-order valence-corrected chi connectivity index (χ0v) is 77.2. The molecule has 9 aliphatic rings. The van der Waals surface area contributed by atoms with Gasteiger partial charge in [0, 0.05) is 48.6 Å². The van der Waals surface area contributed by atoms with Crippen molar-refractivity contribution in [1.29, 1.82) is 0 Å². The van der Waals surface area contributed by atoms with Gasteiger partial charge in [0.2, 0.25) is 71.5 Å². The molecular formula is C94H109Cl2N11O34. The van der Waals surface area contributed by atoms with Gasteiger partial charge >= 0.3 is 5.97 Å². The smallest absolute Gasteiger partial charge is 0.330 e. The summed E-state index contributed by atoms with van der Waals surface area (Å²) in [5.41, 5.74) is 8.03. The maximum absolute atomic E-state index is 17.2. The summed E-state index contributed by atoms with van der Waals surface area (Å²) in [6, 6.07) is -1.54. The van der Waals surface area contributed by atoms with Crippen LogP contribution in [0.25, 0.3) is 11.1 Å². The van der Waals surface area contributed by atoms with Crippen molar-refractivity contribution in [2.45, 2.75) is 231 Å². The van der Waals surface area contributed by atoms with E-state index in [1.807, 2.05) is 0 Å². The molecule has 3 saturated heterocycles. The van der Waals surface area contributed by atoms with Crippen molar-refractivity contribution in [2.75, 3.05) is 26.4 Å². The number of carbonyl (C=O) groups excluding carboxylic acids is 9. The number of halogens is 2. The molecule has 0 radical (unpaired) electrons. The minimum atomic E-state index is -2.62. The molecule has 0 aliphatic carbocycles. The fourth-order valence-corrected chi connectivity index (χ4v) is 18.0. The normalized spacial score (nSPS) is 28.0. The number of rotatable bonds is 25. The molecule has 0 unspecified atom stereocenters. The van der Waals surface area contributed by atoms with E-state index < -0.39 is 339 Å². The number of hydrogen-bond donors (Lipinski definition) is 26. The molecule has 141 heavy (non-hydrogen) atoms. The van der Waals surface area contributed by atoms with Crippen LogP contribution in [0.1, 0.15) is 154 Å². The minimum Gasteiger partial charge on any atom is -0.508 e. The second kappa shape index (κ2) is 45.1. The summed E-state index contributed by atoms with van der Waals surface area (Å²) in [4.78, 5) is 155. The van der Waals surface area contributed by atoms with Gasteiger partial charge in [-0.05, 0) is 144 Å². The highest BCUT2D eigenvalue weighted by molar-refractivity contribution is 6.32. The van der Waals surface area contributed by atoms with Gasteiger partial charge in [0.1, 0.15) is 156 Å². The van der Waals surface area contributed by atoms with Crippen LogP contribution < -0.4 is 83.0 Å². The molecule has 9 amide bonds. The Morgan fingerprint density at radius 3 is 1.69 bits per heavy atom. The van der Waals surface area contributed by atoms with Gasteiger partial charge in [-0.25, -0.2) is 4.79 Å². The lowest BCUT2D eigenvalue weighted by atomic mass is 9.89. The van der Waals surface area contributed by atoms with Crippen molar-refractivity contribution < 1.29 is 167 Å². The first kappa shape index (κ1) is 104. The molecule has 45 nitrogen and oxygen atoms in total. The quantitative estimate of drug-likeness (QED) is 0.0349. The van der Waals surface area contributed by atoms with Gasteiger partial charge < -0.3 is 179 Å². The lowest BCUT2D eigenvalue weighted by Crippen LogP contribution is -2.65. The number of phenolic OH excluding ortho intramolecular Hbond substituents is 4. The Kier molecular flexibility index (Phi) is 33.3. The van der Waals surface area contributed by atoms with Gasteiger partial charge in [-0.15, -0.1) is 0 Å². The van der Waals surface area contributed by atoms with Crippen molar-refractivity contribution in [2.24, 2.45) is 17.4 Å². The highest BCUT2D eigenvalue weighted by Gasteiger charge is 2.53. The molecule has 3 fully saturated rings. The number of aliphatic carboxylic acids is 1. The largest absolute Gasteiger partial charge is 0.508 e. The molecular weight excluding hydrogens is 1900 g/mol. The number of fused-ring (bicyclic) bond motifs is 14. The predicted molar refractivity (Wildman–Crippen MR) is 488 cm³/mol. The zero-order chi connectivity index (χ0) is 102. The van der Waals surface area contributed by atoms with Crippen molar-refractivity contribution in [3.8, 4) is 80.1 Å². The van der Waals surface area contributed by atoms with E-state index in [9.17, 15) is 95.8 Å². The number of carbonyl (C=O) groups is 10. The number of ether oxygens (including phenoxy) is 9. The third kappa shape index (κ3) is 23.6. The Balaban J connectivity index is 1.03. The molecule has 0 spiro atoms. The number of carboxylic acids is 1. The van der Waals surface area contributed by atoms with Crippen LogP contribution in [0.5, 0.6) is 69.0 Å². The fourth-order valence-electron chi connectivity index (χ4n) is 17.5. The highest BCUT2D eigenvalue weighted by atomic mass is 35.5. The summed E-state index contributed by atoms with van der Waals surface area (Å²) in [5.74, 6) is -20.8. The molecule has 17 bridgehead atoms. The van der Waals surface area contributed by atoms with Crippen LogP contribution >= 0.6 is 23.2 Å². The van der Waals surface area contributed by atoms with Crippen molar-refractivity contribution in [1.82, 2.24) is 47.9 Å². The Bertz CT molecular complexity index is 5850. The van der Waals surface area contributed by atoms with E-state index in [0.29, 0.717) is 31.6 Å². The van der Waals surface area contributed by atoms with Crippen LogP contribution in [0.2, 0.25) is 10.0 Å². The molecule has 0 saturated carbocycles. The molecule has 758 valence electrons. The molecule has 7 aromatic carbocycles. The predicted octanol–water partition coefficient (Wildman–Crippen LogP) is 0.633. The summed E-state index contributed by atoms with van der Waals surface area (Å²) in [5, 5.41) is 194. The van der Waals surface area contributed by atoms with Gasteiger partial charge in [0.05, 0.1) is 35.9 Å². The van der Waals surface area contributed by atoms with Crippen LogP contribution in [-0.4, -0.2) is 272 Å². The molecule has 0 aromatic heterocycles. The molecule has 24 atom stereocenters. The van der Waals surface area contributed by atoms with E-state index >= 15 is 28.8 Å². The summed E-state index contributed by atoms with van der Waals surface area (Å²) >= 11 is 14.8. The molecule has 9 heterocycles. The fraction of sp³-hybridized carbons (Fsp3) is 0.447. The Morgan fingerprint density at radius 1 is 0.496 bits per heavy atom. The maximum atomic E-state index is 17.2. The van der Waals surface area contributed by atoms with Crippen LogP contribution in [-0.2, 0) is 73.3 Å². The average molecular weight is 2010 g/mol. The van der Waals surface area contributed by atoms with E-state index in [1.54, 1.807) is 0 Å². The number of carboxylic acid groups (broad SMARTS) is 1. The minimum absolute atomic E-state index is 0.0752. The summed E-state index contributed by atoms with van der Waals surface area (Å²) < 4.78 is 57.8. The van der Waals surface area contributed by atoms with Gasteiger partial charge in [0.25, 0.3) is 0 Å². The number of aliphatic hydroxyl groups is 10. The van der Waals surface area contributed by atoms with Crippen molar-refractivity contribution >= 4 is 82.3 Å². The third-order valence-electron chi connectivity index (χ3n) is 24.9. The summed E-state index contributed by atoms with van der Waals surface area (Å²) in [7, 11) is 0. The Morgan fingerprint density at radius 2 is 1.06 bits per heavy atom. The van der Waals surface area contributed by atoms with Crippen LogP contribution in [0, 0.1) is 5.92 Å². The SMILES string of the molecule is CC(=O)N[C@H]1[C@H](O[C@@H]2c3ccc(c(Cl)c3)Oc3cc4cc(c3O[C@@H]3O[C@H](CO)[C@@H](O)[C@H](O)[C@H]3NC(=O)CCCCCCC(C)C)Oc3ccc(cc3Cl)C[C@H]3NC(=O)[C@@H](NC(=O)[C@@H](N)CCCCN)c5ccc(O)c(c5)Oc5cc(O)cc(c5)[C@H](NC3=O)C(=O)N[C@H]4C(=O)N[C@H]3C(=O)N[C@@H]2C(=O)N[C@@H](C(=O)O)c2cc(O)cc(O[C@H]4O[C@H](CO)[C@@H](O)[C@H](O)[C@@H]4O)c2-c2cc3ccc2O)O[C@H](CO)[C@@H](O)[C@@H]1O. The standard InChI is InChI=1S/C94H109Cl2N11O34/c1-37(2)10-6-4-5-7-12-65(116)101-73-79(121)76(118)63(35-109)138-93(73)141-83-60-29-44-30-61(83)135-57-20-16-42(27-51(57)96)82(140-92-72(99-38(3)111)78(120)75(117)62(34-108)137-92)74-90(130)106-71(91(131)132)49-32-46(113)33-59(136-94-81(123)80(122)77(119)64(36-110)139-94)66(49)48-26-40(14-17-54(48)114)67(87(127)107-74)104-89(129)70(44)105-88(128)69-43-24-45(112)31-47(25-43)133-58-28-41(15-18-55(58)115)68(102-84(124)52(98)11-8-9-21-97)86(126)100-53(85(125)103-69)23-39-13-19-56(134-60)50(95)22-39/h13-20,22,24-33,37,52-53,62-64,67-82,92-94,108-110,112-115,117-123H,4-12,21,23,34-36,97-98H2,1-3H3,(H,99,111)(H,100,126)(H,101,116)(H,102,124)(H,103,125)(H,104,129)(H,105,128)(H,106,130)(H,107,127)(H,131,132)/t52-,53+,62+,63+,64+,67+,68-,69-,70+,71+,72+,73+,74-,75+,76+,77+,78+,79+,80-,81-,82+,92-,93-,94-/m0/s1. The first-order chi connectivity index (χ1) is 67.2. The second-order valence-electron chi connectivity index (χ2n) is 35.5. The molecule has 16 rings (SSSR count). The van der Waals surface area contributed by atoms with Gasteiger partial charge in [0.15, 0.2) is 35.3 Å². The molecule has 28 N–H and O–H groups in total. The molecule has 47 heteroatoms.